The number of hydrogen-bond acceptors (Lipinski definition) is 8. The van der Waals surface area contributed by atoms with E-state index in [4.69, 9.17) is 9.47 Å². The molecule has 7 rings (SSSR count). The van der Waals surface area contributed by atoms with Crippen LogP contribution in [0.1, 0.15) is 20.9 Å². The topological polar surface area (TPSA) is 134 Å². The number of amides is 2. The highest BCUT2D eigenvalue weighted by Crippen LogP contribution is 2.49. The van der Waals surface area contributed by atoms with E-state index in [1.807, 2.05) is 120 Å². The van der Waals surface area contributed by atoms with Gasteiger partial charge >= 0.3 is 11.9 Å². The van der Waals surface area contributed by atoms with Crippen LogP contribution in [0.4, 0.5) is 0 Å². The molecule has 1 aliphatic carbocycles. The average molecular weight is 787 g/mol. The van der Waals surface area contributed by atoms with Crippen LogP contribution in [0, 0.1) is 23.7 Å². The zero-order valence-corrected chi connectivity index (χ0v) is 31.7. The van der Waals surface area contributed by atoms with Crippen LogP contribution in [-0.4, -0.2) is 43.8 Å². The minimum Gasteiger partial charge on any atom is -0.481 e. The van der Waals surface area contributed by atoms with Crippen LogP contribution in [0.5, 0.6) is 23.0 Å². The number of carboxylic acid groups (broad SMARTS) is 2. The van der Waals surface area contributed by atoms with Crippen molar-refractivity contribution < 1.29 is 38.9 Å². The normalized spacial score (nSPS) is 17.3. The first kappa shape index (κ1) is 38.1. The van der Waals surface area contributed by atoms with Crippen LogP contribution in [0.15, 0.2) is 144 Å². The third kappa shape index (κ3) is 8.99. The Hall–Kier alpha value is -6.24. The molecule has 0 saturated heterocycles. The van der Waals surface area contributed by atoms with E-state index < -0.39 is 47.4 Å². The molecule has 0 bridgehead atoms. The summed E-state index contributed by atoms with van der Waals surface area (Å²) in [5.74, 6) is -7.54. The second-order valence-corrected chi connectivity index (χ2v) is 15.5. The van der Waals surface area contributed by atoms with Gasteiger partial charge in [0.05, 0.1) is 36.8 Å². The van der Waals surface area contributed by atoms with Crippen LogP contribution in [0.2, 0.25) is 0 Å². The van der Waals surface area contributed by atoms with Gasteiger partial charge in [-0.2, -0.15) is 0 Å². The highest BCUT2D eigenvalue weighted by molar-refractivity contribution is 7.10. The number of carbonyl (C=O) groups is 4. The van der Waals surface area contributed by atoms with Gasteiger partial charge < -0.3 is 29.5 Å². The quantitative estimate of drug-likeness (QED) is 0.0995. The first-order valence-corrected chi connectivity index (χ1v) is 19.7. The Balaban J connectivity index is 1.12. The Labute approximate surface area is 331 Å². The van der Waals surface area contributed by atoms with Gasteiger partial charge in [-0.3, -0.25) is 19.2 Å². The van der Waals surface area contributed by atoms with Crippen molar-refractivity contribution in [2.75, 3.05) is 0 Å². The molecule has 0 spiro atoms. The number of benzene rings is 4. The third-order valence-corrected chi connectivity index (χ3v) is 11.4. The van der Waals surface area contributed by atoms with Crippen molar-refractivity contribution >= 4 is 46.4 Å². The van der Waals surface area contributed by atoms with Crippen LogP contribution in [-0.2, 0) is 45.4 Å². The predicted octanol–water partition coefficient (Wildman–Crippen LogP) is 8.80. The molecule has 1 saturated carbocycles. The van der Waals surface area contributed by atoms with E-state index in [9.17, 15) is 29.4 Å². The molecular weight excluding hydrogens is 749 g/mol. The molecule has 0 atom stereocenters. The average Bonchev–Trinajstić information content (AvgIpc) is 3.91. The fourth-order valence-electron chi connectivity index (χ4n) is 7.02. The van der Waals surface area contributed by atoms with E-state index in [0.29, 0.717) is 23.0 Å². The Bertz CT molecular complexity index is 2060. The van der Waals surface area contributed by atoms with Crippen molar-refractivity contribution in [3.8, 4) is 23.0 Å². The van der Waals surface area contributed by atoms with Crippen LogP contribution >= 0.6 is 22.7 Å². The zero-order valence-electron chi connectivity index (χ0n) is 30.0. The van der Waals surface area contributed by atoms with Gasteiger partial charge in [0, 0.05) is 22.8 Å². The third-order valence-electron chi connectivity index (χ3n) is 9.72. The summed E-state index contributed by atoms with van der Waals surface area (Å²) in [6.07, 6.45) is 0. The lowest BCUT2D eigenvalue weighted by Crippen LogP contribution is -2.64. The summed E-state index contributed by atoms with van der Waals surface area (Å²) >= 11 is 2.87. The molecule has 2 aromatic heterocycles. The molecule has 6 aromatic rings. The van der Waals surface area contributed by atoms with Crippen LogP contribution in [0.25, 0.3) is 0 Å². The highest BCUT2D eigenvalue weighted by Gasteiger charge is 2.65. The zero-order chi connectivity index (χ0) is 39.0. The smallest absolute Gasteiger partial charge is 0.308 e. The molecule has 1 aliphatic rings. The number of rotatable bonds is 16. The Kier molecular flexibility index (Phi) is 11.9. The SMILES string of the molecule is O=C(O)[C@H]1[C@H](C(=O)N(Cc2ccc(Oc3ccccc3)cc2)Cc2cccs2)[C@H](C(=O)O)[C@H]1C(=O)N(Cc1ccc(Oc2ccccc2)cc1)Cc1cccs1. The number of nitrogens with zero attached hydrogens (tertiary/aromatic N) is 2. The molecule has 0 unspecified atom stereocenters. The van der Waals surface area contributed by atoms with E-state index >= 15 is 0 Å². The summed E-state index contributed by atoms with van der Waals surface area (Å²) in [6, 6.07) is 40.4. The first-order valence-electron chi connectivity index (χ1n) is 17.9. The second-order valence-electron chi connectivity index (χ2n) is 13.4. The Morgan fingerprint density at radius 2 is 0.804 bits per heavy atom. The molecule has 56 heavy (non-hydrogen) atoms. The summed E-state index contributed by atoms with van der Waals surface area (Å²) in [5, 5.41) is 24.9. The van der Waals surface area contributed by atoms with Crippen LogP contribution < -0.4 is 9.47 Å². The highest BCUT2D eigenvalue weighted by atomic mass is 32.1. The molecule has 4 aromatic carbocycles. The molecule has 0 radical (unpaired) electrons. The van der Waals surface area contributed by atoms with Crippen molar-refractivity contribution in [2.45, 2.75) is 26.2 Å². The number of carbonyl (C=O) groups excluding carboxylic acids is 2. The number of ether oxygens (including phenoxy) is 2. The van der Waals surface area contributed by atoms with E-state index in [1.54, 1.807) is 24.3 Å². The van der Waals surface area contributed by atoms with Crippen molar-refractivity contribution in [1.82, 2.24) is 9.80 Å². The molecule has 2 heterocycles. The maximum absolute atomic E-state index is 14.5. The fraction of sp³-hybridized carbons (Fsp3) is 0.182. The Morgan fingerprint density at radius 3 is 1.12 bits per heavy atom. The molecule has 1 fully saturated rings. The van der Waals surface area contributed by atoms with Crippen molar-refractivity contribution in [3.05, 3.63) is 165 Å². The number of para-hydroxylation sites is 2. The first-order chi connectivity index (χ1) is 27.2. The van der Waals surface area contributed by atoms with Gasteiger partial charge in [0.25, 0.3) is 0 Å². The second kappa shape index (κ2) is 17.5. The van der Waals surface area contributed by atoms with Crippen molar-refractivity contribution in [1.29, 1.82) is 0 Å². The number of hydrogen-bond donors (Lipinski definition) is 2. The maximum atomic E-state index is 14.5. The van der Waals surface area contributed by atoms with Gasteiger partial charge in [-0.15, -0.1) is 22.7 Å². The molecule has 0 aliphatic heterocycles. The van der Waals surface area contributed by atoms with Crippen molar-refractivity contribution in [3.63, 3.8) is 0 Å². The van der Waals surface area contributed by atoms with Gasteiger partial charge in [0.1, 0.15) is 23.0 Å². The lowest BCUT2D eigenvalue weighted by molar-refractivity contribution is -0.188. The monoisotopic (exact) mass is 786 g/mol. The van der Waals surface area contributed by atoms with E-state index in [1.165, 1.54) is 32.5 Å². The van der Waals surface area contributed by atoms with Gasteiger partial charge in [0.2, 0.25) is 11.8 Å². The molecule has 2 N–H and O–H groups in total. The summed E-state index contributed by atoms with van der Waals surface area (Å²) in [5.41, 5.74) is 1.48. The van der Waals surface area contributed by atoms with Crippen LogP contribution in [0.3, 0.4) is 0 Å². The largest absolute Gasteiger partial charge is 0.481 e. The van der Waals surface area contributed by atoms with Gasteiger partial charge in [-0.05, 0) is 82.6 Å². The lowest BCUT2D eigenvalue weighted by atomic mass is 9.55. The van der Waals surface area contributed by atoms with Gasteiger partial charge in [-0.1, -0.05) is 72.8 Å². The molecule has 2 amide bonds. The standard InChI is InChI=1S/C44H38N2O8S2/c47-41(45(27-35-13-7-23-55-35)25-29-15-19-33(20-16-29)53-31-9-3-1-4-10-31)37-39(43(49)50)38(40(37)44(51)52)42(48)46(28-36-14-8-24-56-36)26-30-17-21-34(22-18-30)54-32-11-5-2-6-12-32/h1-24,37-40H,25-28H2,(H,49,50)(H,51,52)/t37-,38-,39-,40-. The summed E-state index contributed by atoms with van der Waals surface area (Å²) in [4.78, 5) is 59.6. The summed E-state index contributed by atoms with van der Waals surface area (Å²) in [7, 11) is 0. The number of carboxylic acids is 2. The van der Waals surface area contributed by atoms with Gasteiger partial charge in [0.15, 0.2) is 0 Å². The minimum absolute atomic E-state index is 0.0879. The molecule has 284 valence electrons. The molecule has 10 nitrogen and oxygen atoms in total. The van der Waals surface area contributed by atoms with E-state index in [-0.39, 0.29) is 26.2 Å². The maximum Gasteiger partial charge on any atom is 0.308 e. The molecular formula is C44H38N2O8S2. The van der Waals surface area contributed by atoms with E-state index in [0.717, 1.165) is 20.9 Å². The van der Waals surface area contributed by atoms with E-state index in [2.05, 4.69) is 0 Å². The van der Waals surface area contributed by atoms with Gasteiger partial charge in [-0.25, -0.2) is 0 Å². The number of aliphatic carboxylic acids is 2. The lowest BCUT2D eigenvalue weighted by Gasteiger charge is -2.48. The predicted molar refractivity (Wildman–Crippen MR) is 212 cm³/mol. The van der Waals surface area contributed by atoms with Crippen molar-refractivity contribution in [2.24, 2.45) is 23.7 Å². The summed E-state index contributed by atoms with van der Waals surface area (Å²) < 4.78 is 11.8. The Morgan fingerprint density at radius 1 is 0.446 bits per heavy atom. The minimum atomic E-state index is -1.55. The molecule has 12 heteroatoms. The number of thiophene rings is 2. The fourth-order valence-corrected chi connectivity index (χ4v) is 8.46. The summed E-state index contributed by atoms with van der Waals surface area (Å²) in [6.45, 7) is 0.456.